The minimum absolute atomic E-state index is 0.125. The topological polar surface area (TPSA) is 79.5 Å². The summed E-state index contributed by atoms with van der Waals surface area (Å²) in [5, 5.41) is 16.9. The largest absolute Gasteiger partial charge is 0.481 e. The van der Waals surface area contributed by atoms with Crippen molar-refractivity contribution in [3.8, 4) is 0 Å². The first-order chi connectivity index (χ1) is 9.34. The molecule has 1 aromatic heterocycles. The van der Waals surface area contributed by atoms with E-state index in [2.05, 4.69) is 15.1 Å². The molecule has 1 N–H and O–H groups in total. The molecule has 0 saturated carbocycles. The minimum Gasteiger partial charge on any atom is -0.481 e. The highest BCUT2D eigenvalue weighted by Gasteiger charge is 2.26. The Morgan fingerprint density at radius 1 is 1.45 bits per heavy atom. The van der Waals surface area contributed by atoms with Gasteiger partial charge in [0, 0.05) is 18.4 Å². The lowest BCUT2D eigenvalue weighted by molar-refractivity contribution is -0.137. The fourth-order valence-electron chi connectivity index (χ4n) is 2.43. The molecular formula is C14H23N3O3. The maximum atomic E-state index is 10.6. The second-order valence-electron chi connectivity index (χ2n) is 6.57. The van der Waals surface area contributed by atoms with E-state index in [1.165, 1.54) is 0 Å². The monoisotopic (exact) mass is 281 g/mol. The minimum atomic E-state index is -0.713. The molecule has 0 aromatic carbocycles. The van der Waals surface area contributed by atoms with Gasteiger partial charge in [-0.05, 0) is 25.3 Å². The fourth-order valence-corrected chi connectivity index (χ4v) is 2.43. The third-order valence-corrected chi connectivity index (χ3v) is 3.60. The first-order valence-electron chi connectivity index (χ1n) is 7.11. The molecule has 1 aliphatic rings. The van der Waals surface area contributed by atoms with Gasteiger partial charge in [-0.3, -0.25) is 9.69 Å². The van der Waals surface area contributed by atoms with Crippen molar-refractivity contribution in [2.45, 2.75) is 52.0 Å². The van der Waals surface area contributed by atoms with E-state index in [9.17, 15) is 4.79 Å². The molecule has 6 nitrogen and oxygen atoms in total. The van der Waals surface area contributed by atoms with Crippen molar-refractivity contribution >= 4 is 5.97 Å². The predicted molar refractivity (Wildman–Crippen MR) is 73.3 cm³/mol. The van der Waals surface area contributed by atoms with Crippen LogP contribution in [0.4, 0.5) is 0 Å². The van der Waals surface area contributed by atoms with Crippen LogP contribution in [0.1, 0.15) is 51.8 Å². The van der Waals surface area contributed by atoms with Crippen LogP contribution in [-0.2, 0) is 16.8 Å². The van der Waals surface area contributed by atoms with E-state index in [1.807, 2.05) is 20.8 Å². The summed E-state index contributed by atoms with van der Waals surface area (Å²) < 4.78 is 5.69. The standard InChI is InChI=1S/C14H23N3O3/c1-14(2,3)13-16-15-11(20-13)9-17-7-6-10(8-17)4-5-12(18)19/h10H,4-9H2,1-3H3,(H,18,19). The Hall–Kier alpha value is -1.43. The summed E-state index contributed by atoms with van der Waals surface area (Å²) in [6.45, 7) is 8.68. The summed E-state index contributed by atoms with van der Waals surface area (Å²) >= 11 is 0. The SMILES string of the molecule is CC(C)(C)c1nnc(CN2CCC(CCC(=O)O)C2)o1. The predicted octanol–water partition coefficient (Wildman–Crippen LogP) is 2.05. The second-order valence-corrected chi connectivity index (χ2v) is 6.57. The molecule has 2 heterocycles. The van der Waals surface area contributed by atoms with Crippen molar-refractivity contribution in [3.05, 3.63) is 11.8 Å². The second kappa shape index (κ2) is 5.91. The summed E-state index contributed by atoms with van der Waals surface area (Å²) in [7, 11) is 0. The number of hydrogen-bond acceptors (Lipinski definition) is 5. The Labute approximate surface area is 119 Å². The number of nitrogens with zero attached hydrogens (tertiary/aromatic N) is 3. The molecule has 112 valence electrons. The molecule has 1 atom stereocenters. The van der Waals surface area contributed by atoms with Gasteiger partial charge < -0.3 is 9.52 Å². The lowest BCUT2D eigenvalue weighted by Crippen LogP contribution is -2.20. The molecule has 2 rings (SSSR count). The van der Waals surface area contributed by atoms with E-state index < -0.39 is 5.97 Å². The van der Waals surface area contributed by atoms with Gasteiger partial charge in [0.15, 0.2) is 0 Å². The molecule has 1 saturated heterocycles. The molecule has 0 bridgehead atoms. The van der Waals surface area contributed by atoms with Gasteiger partial charge in [0.1, 0.15) is 0 Å². The van der Waals surface area contributed by atoms with Crippen LogP contribution in [0.15, 0.2) is 4.42 Å². The molecule has 1 aliphatic heterocycles. The number of carboxylic acid groups (broad SMARTS) is 1. The number of carbonyl (C=O) groups is 1. The highest BCUT2D eigenvalue weighted by molar-refractivity contribution is 5.66. The molecule has 1 fully saturated rings. The lowest BCUT2D eigenvalue weighted by Gasteiger charge is -2.14. The van der Waals surface area contributed by atoms with Gasteiger partial charge in [0.2, 0.25) is 11.8 Å². The smallest absolute Gasteiger partial charge is 0.303 e. The maximum Gasteiger partial charge on any atom is 0.303 e. The molecule has 0 amide bonds. The van der Waals surface area contributed by atoms with Gasteiger partial charge in [0.05, 0.1) is 6.54 Å². The summed E-state index contributed by atoms with van der Waals surface area (Å²) in [5.41, 5.74) is -0.125. The molecule has 1 unspecified atom stereocenters. The normalized spacial score (nSPS) is 20.4. The van der Waals surface area contributed by atoms with E-state index in [0.717, 1.165) is 25.9 Å². The molecule has 1 aromatic rings. The molecule has 20 heavy (non-hydrogen) atoms. The van der Waals surface area contributed by atoms with Crippen molar-refractivity contribution in [2.24, 2.45) is 5.92 Å². The third kappa shape index (κ3) is 4.03. The number of carboxylic acids is 1. The molecule has 6 heteroatoms. The maximum absolute atomic E-state index is 10.6. The van der Waals surface area contributed by atoms with Crippen molar-refractivity contribution < 1.29 is 14.3 Å². The van der Waals surface area contributed by atoms with Crippen LogP contribution in [-0.4, -0.2) is 39.3 Å². The number of aliphatic carboxylic acids is 1. The van der Waals surface area contributed by atoms with E-state index in [-0.39, 0.29) is 11.8 Å². The quantitative estimate of drug-likeness (QED) is 0.890. The third-order valence-electron chi connectivity index (χ3n) is 3.60. The fraction of sp³-hybridized carbons (Fsp3) is 0.786. The highest BCUT2D eigenvalue weighted by atomic mass is 16.4. The van der Waals surface area contributed by atoms with Gasteiger partial charge in [-0.25, -0.2) is 0 Å². The number of likely N-dealkylation sites (tertiary alicyclic amines) is 1. The Morgan fingerprint density at radius 3 is 2.80 bits per heavy atom. The van der Waals surface area contributed by atoms with Crippen LogP contribution >= 0.6 is 0 Å². The first-order valence-corrected chi connectivity index (χ1v) is 7.11. The van der Waals surface area contributed by atoms with E-state index in [0.29, 0.717) is 24.2 Å². The summed E-state index contributed by atoms with van der Waals surface area (Å²) in [5.74, 6) is 1.06. The van der Waals surface area contributed by atoms with E-state index in [1.54, 1.807) is 0 Å². The van der Waals surface area contributed by atoms with Crippen molar-refractivity contribution in [2.75, 3.05) is 13.1 Å². The van der Waals surface area contributed by atoms with Gasteiger partial charge in [-0.1, -0.05) is 20.8 Å². The zero-order chi connectivity index (χ0) is 14.8. The van der Waals surface area contributed by atoms with Gasteiger partial charge in [-0.2, -0.15) is 0 Å². The number of aromatic nitrogens is 2. The van der Waals surface area contributed by atoms with Crippen molar-refractivity contribution in [1.29, 1.82) is 0 Å². The van der Waals surface area contributed by atoms with E-state index in [4.69, 9.17) is 9.52 Å². The van der Waals surface area contributed by atoms with Gasteiger partial charge in [0.25, 0.3) is 0 Å². The summed E-state index contributed by atoms with van der Waals surface area (Å²) in [4.78, 5) is 12.8. The van der Waals surface area contributed by atoms with Crippen LogP contribution in [0, 0.1) is 5.92 Å². The molecule has 0 aliphatic carbocycles. The van der Waals surface area contributed by atoms with Crippen LogP contribution in [0.5, 0.6) is 0 Å². The molecular weight excluding hydrogens is 258 g/mol. The summed E-state index contributed by atoms with van der Waals surface area (Å²) in [6, 6.07) is 0. The average molecular weight is 281 g/mol. The Kier molecular flexibility index (Phi) is 4.42. The highest BCUT2D eigenvalue weighted by Crippen LogP contribution is 2.24. The average Bonchev–Trinajstić information content (AvgIpc) is 2.95. The van der Waals surface area contributed by atoms with Crippen LogP contribution in [0.3, 0.4) is 0 Å². The Morgan fingerprint density at radius 2 is 2.20 bits per heavy atom. The Balaban J connectivity index is 1.83. The van der Waals surface area contributed by atoms with Crippen molar-refractivity contribution in [3.63, 3.8) is 0 Å². The zero-order valence-corrected chi connectivity index (χ0v) is 12.4. The van der Waals surface area contributed by atoms with Gasteiger partial charge in [-0.15, -0.1) is 10.2 Å². The first kappa shape index (κ1) is 15.0. The molecule has 0 spiro atoms. The van der Waals surface area contributed by atoms with Crippen LogP contribution in [0.25, 0.3) is 0 Å². The lowest BCUT2D eigenvalue weighted by atomic mass is 9.97. The molecule has 0 radical (unpaired) electrons. The van der Waals surface area contributed by atoms with Gasteiger partial charge >= 0.3 is 5.97 Å². The van der Waals surface area contributed by atoms with Crippen LogP contribution < -0.4 is 0 Å². The Bertz CT molecular complexity index is 464. The summed E-state index contributed by atoms with van der Waals surface area (Å²) in [6.07, 6.45) is 2.06. The van der Waals surface area contributed by atoms with Crippen molar-refractivity contribution in [1.82, 2.24) is 15.1 Å². The zero-order valence-electron chi connectivity index (χ0n) is 12.4. The van der Waals surface area contributed by atoms with E-state index >= 15 is 0 Å². The van der Waals surface area contributed by atoms with Crippen LogP contribution in [0.2, 0.25) is 0 Å². The number of rotatable bonds is 5. The number of hydrogen-bond donors (Lipinski definition) is 1.